The number of amides is 1. The molecule has 1 aromatic rings. The molecule has 1 aliphatic rings. The van der Waals surface area contributed by atoms with Gasteiger partial charge in [0.25, 0.3) is 0 Å². The summed E-state index contributed by atoms with van der Waals surface area (Å²) in [5.74, 6) is 0.335. The molecule has 1 atom stereocenters. The molecule has 98 valence electrons. The van der Waals surface area contributed by atoms with E-state index in [1.807, 2.05) is 19.1 Å². The van der Waals surface area contributed by atoms with E-state index in [2.05, 4.69) is 26.1 Å². The van der Waals surface area contributed by atoms with Crippen molar-refractivity contribution >= 4 is 21.8 Å². The summed E-state index contributed by atoms with van der Waals surface area (Å²) in [5.41, 5.74) is 1.00. The van der Waals surface area contributed by atoms with Crippen LogP contribution in [0.1, 0.15) is 18.9 Å². The van der Waals surface area contributed by atoms with Crippen molar-refractivity contribution < 1.29 is 9.90 Å². The molecule has 1 amide bonds. The third-order valence-corrected chi connectivity index (χ3v) is 4.18. The molecule has 0 bridgehead atoms. The first kappa shape index (κ1) is 13.4. The van der Waals surface area contributed by atoms with Gasteiger partial charge in [-0.25, -0.2) is 0 Å². The molecule has 2 rings (SSSR count). The summed E-state index contributed by atoms with van der Waals surface area (Å²) >= 11 is 3.39. The molecule has 4 nitrogen and oxygen atoms in total. The number of halogens is 1. The first-order valence-electron chi connectivity index (χ1n) is 6.11. The van der Waals surface area contributed by atoms with Gasteiger partial charge in [-0.05, 0) is 34.0 Å². The minimum atomic E-state index is -0.0759. The highest BCUT2D eigenvalue weighted by atomic mass is 79.9. The van der Waals surface area contributed by atoms with Crippen LogP contribution in [0.4, 0.5) is 0 Å². The van der Waals surface area contributed by atoms with E-state index in [9.17, 15) is 9.90 Å². The maximum atomic E-state index is 11.8. The smallest absolute Gasteiger partial charge is 0.237 e. The standard InChI is InChI=1S/C13H17BrN2O2/c1-2-10-13(18)15-6-7-16(10)8-9-4-3-5-11(17)12(9)14/h3-5,10,17H,2,6-8H2,1H3,(H,15,18). The van der Waals surface area contributed by atoms with Gasteiger partial charge in [0, 0.05) is 19.6 Å². The fourth-order valence-electron chi connectivity index (χ4n) is 2.30. The average Bonchev–Trinajstić information content (AvgIpc) is 2.35. The maximum Gasteiger partial charge on any atom is 0.237 e. The topological polar surface area (TPSA) is 52.6 Å². The molecule has 1 unspecified atom stereocenters. The van der Waals surface area contributed by atoms with E-state index >= 15 is 0 Å². The van der Waals surface area contributed by atoms with E-state index < -0.39 is 0 Å². The highest BCUT2D eigenvalue weighted by Gasteiger charge is 2.28. The first-order chi connectivity index (χ1) is 8.63. The van der Waals surface area contributed by atoms with Gasteiger partial charge in [-0.2, -0.15) is 0 Å². The number of nitrogens with zero attached hydrogens (tertiary/aromatic N) is 1. The van der Waals surface area contributed by atoms with Crippen molar-refractivity contribution in [3.05, 3.63) is 28.2 Å². The van der Waals surface area contributed by atoms with Crippen molar-refractivity contribution in [1.82, 2.24) is 10.2 Å². The number of carbonyl (C=O) groups excluding carboxylic acids is 1. The highest BCUT2D eigenvalue weighted by Crippen LogP contribution is 2.28. The number of benzene rings is 1. The van der Waals surface area contributed by atoms with Crippen LogP contribution in [0, 0.1) is 0 Å². The SMILES string of the molecule is CCC1C(=O)NCCN1Cc1cccc(O)c1Br. The highest BCUT2D eigenvalue weighted by molar-refractivity contribution is 9.10. The third kappa shape index (κ3) is 2.67. The lowest BCUT2D eigenvalue weighted by atomic mass is 10.1. The van der Waals surface area contributed by atoms with Crippen LogP contribution in [0.5, 0.6) is 5.75 Å². The molecule has 1 aromatic carbocycles. The van der Waals surface area contributed by atoms with E-state index in [1.54, 1.807) is 6.07 Å². The number of phenolic OH excluding ortho intramolecular Hbond substituents is 1. The van der Waals surface area contributed by atoms with E-state index in [0.717, 1.165) is 18.5 Å². The second kappa shape index (κ2) is 5.71. The van der Waals surface area contributed by atoms with E-state index in [-0.39, 0.29) is 17.7 Å². The van der Waals surface area contributed by atoms with Gasteiger partial charge in [0.05, 0.1) is 10.5 Å². The van der Waals surface area contributed by atoms with Crippen LogP contribution in [0.3, 0.4) is 0 Å². The zero-order valence-electron chi connectivity index (χ0n) is 10.3. The van der Waals surface area contributed by atoms with Gasteiger partial charge in [-0.15, -0.1) is 0 Å². The van der Waals surface area contributed by atoms with Gasteiger partial charge in [-0.1, -0.05) is 19.1 Å². The second-order valence-corrected chi connectivity index (χ2v) is 5.23. The Labute approximate surface area is 115 Å². The van der Waals surface area contributed by atoms with E-state index in [1.165, 1.54) is 0 Å². The summed E-state index contributed by atoms with van der Waals surface area (Å²) < 4.78 is 0.714. The van der Waals surface area contributed by atoms with Crippen molar-refractivity contribution in [3.8, 4) is 5.75 Å². The largest absolute Gasteiger partial charge is 0.507 e. The van der Waals surface area contributed by atoms with Gasteiger partial charge in [0.15, 0.2) is 0 Å². The Kier molecular flexibility index (Phi) is 4.24. The lowest BCUT2D eigenvalue weighted by Crippen LogP contribution is -2.54. The van der Waals surface area contributed by atoms with Crippen LogP contribution in [0.15, 0.2) is 22.7 Å². The molecule has 1 fully saturated rings. The summed E-state index contributed by atoms with van der Waals surface area (Å²) in [6.07, 6.45) is 0.794. The number of hydrogen-bond donors (Lipinski definition) is 2. The molecule has 1 saturated heterocycles. The fourth-order valence-corrected chi connectivity index (χ4v) is 2.69. The molecule has 1 aliphatic heterocycles. The Morgan fingerprint density at radius 2 is 2.33 bits per heavy atom. The van der Waals surface area contributed by atoms with Crippen molar-refractivity contribution in [2.45, 2.75) is 25.9 Å². The molecule has 0 saturated carbocycles. The van der Waals surface area contributed by atoms with Gasteiger partial charge in [0.2, 0.25) is 5.91 Å². The summed E-state index contributed by atoms with van der Waals surface area (Å²) in [4.78, 5) is 13.9. The molecule has 18 heavy (non-hydrogen) atoms. The minimum Gasteiger partial charge on any atom is -0.507 e. The summed E-state index contributed by atoms with van der Waals surface area (Å²) in [6.45, 7) is 4.21. The zero-order chi connectivity index (χ0) is 13.1. The van der Waals surface area contributed by atoms with Gasteiger partial charge < -0.3 is 10.4 Å². The lowest BCUT2D eigenvalue weighted by molar-refractivity contribution is -0.129. The third-order valence-electron chi connectivity index (χ3n) is 3.26. The average molecular weight is 313 g/mol. The predicted molar refractivity (Wildman–Crippen MR) is 73.3 cm³/mol. The van der Waals surface area contributed by atoms with Crippen LogP contribution in [-0.2, 0) is 11.3 Å². The van der Waals surface area contributed by atoms with Crippen molar-refractivity contribution in [1.29, 1.82) is 0 Å². The van der Waals surface area contributed by atoms with E-state index in [4.69, 9.17) is 0 Å². The molecule has 2 N–H and O–H groups in total. The van der Waals surface area contributed by atoms with Crippen molar-refractivity contribution in [2.75, 3.05) is 13.1 Å². The number of phenols is 1. The van der Waals surface area contributed by atoms with E-state index in [0.29, 0.717) is 17.6 Å². The number of piperazine rings is 1. The molecular weight excluding hydrogens is 296 g/mol. The second-order valence-electron chi connectivity index (χ2n) is 4.44. The monoisotopic (exact) mass is 312 g/mol. The number of nitrogens with one attached hydrogen (secondary N) is 1. The van der Waals surface area contributed by atoms with Crippen molar-refractivity contribution in [3.63, 3.8) is 0 Å². The van der Waals surface area contributed by atoms with Crippen LogP contribution in [0.25, 0.3) is 0 Å². The van der Waals surface area contributed by atoms with Gasteiger partial charge in [-0.3, -0.25) is 9.69 Å². The fraction of sp³-hybridized carbons (Fsp3) is 0.462. The quantitative estimate of drug-likeness (QED) is 0.896. The molecule has 0 radical (unpaired) electrons. The molecule has 0 aliphatic carbocycles. The van der Waals surface area contributed by atoms with Crippen LogP contribution in [0.2, 0.25) is 0 Å². The predicted octanol–water partition coefficient (Wildman–Crippen LogP) is 1.87. The summed E-state index contributed by atoms with van der Waals surface area (Å²) in [5, 5.41) is 12.5. The summed E-state index contributed by atoms with van der Waals surface area (Å²) in [6, 6.07) is 5.35. The maximum absolute atomic E-state index is 11.8. The minimum absolute atomic E-state index is 0.0759. The number of hydrogen-bond acceptors (Lipinski definition) is 3. The molecule has 0 aromatic heterocycles. The lowest BCUT2D eigenvalue weighted by Gasteiger charge is -2.34. The Balaban J connectivity index is 2.17. The van der Waals surface area contributed by atoms with Gasteiger partial charge in [0.1, 0.15) is 5.75 Å². The molecule has 1 heterocycles. The zero-order valence-corrected chi connectivity index (χ0v) is 11.9. The Bertz CT molecular complexity index is 451. The molecule has 5 heteroatoms. The number of rotatable bonds is 3. The molecular formula is C13H17BrN2O2. The first-order valence-corrected chi connectivity index (χ1v) is 6.91. The van der Waals surface area contributed by atoms with Crippen molar-refractivity contribution in [2.24, 2.45) is 0 Å². The van der Waals surface area contributed by atoms with Gasteiger partial charge >= 0.3 is 0 Å². The number of carbonyl (C=O) groups is 1. The Morgan fingerprint density at radius 3 is 3.06 bits per heavy atom. The normalized spacial score (nSPS) is 20.8. The molecule has 0 spiro atoms. The van der Waals surface area contributed by atoms with Crippen LogP contribution >= 0.6 is 15.9 Å². The summed E-state index contributed by atoms with van der Waals surface area (Å²) in [7, 11) is 0. The Morgan fingerprint density at radius 1 is 1.56 bits per heavy atom. The Hall–Kier alpha value is -1.07. The van der Waals surface area contributed by atoms with Crippen LogP contribution < -0.4 is 5.32 Å². The van der Waals surface area contributed by atoms with Crippen LogP contribution in [-0.4, -0.2) is 35.0 Å². The number of aromatic hydroxyl groups is 1.